The molecule has 0 spiro atoms. The smallest absolute Gasteiger partial charge is 0.253 e. The summed E-state index contributed by atoms with van der Waals surface area (Å²) in [7, 11) is 1.62. The van der Waals surface area contributed by atoms with Gasteiger partial charge in [0.2, 0.25) is 0 Å². The molecule has 1 atom stereocenters. The van der Waals surface area contributed by atoms with Crippen LogP contribution >= 0.6 is 0 Å². The largest absolute Gasteiger partial charge is 0.497 e. The Bertz CT molecular complexity index is 1340. The van der Waals surface area contributed by atoms with Gasteiger partial charge in [-0.25, -0.2) is 9.07 Å². The lowest BCUT2D eigenvalue weighted by Crippen LogP contribution is -2.40. The van der Waals surface area contributed by atoms with Gasteiger partial charge in [-0.3, -0.25) is 9.69 Å². The highest BCUT2D eigenvalue weighted by atomic mass is 19.1. The standard InChI is InChI=1S/C25H27FN6O2/c1-16-9-11-31(12-10-16)23(21-14-18-13-20(34-2)7-8-22(18)27-25(21)33)24-28-29-30-32(24)15-17-3-5-19(26)6-4-17/h3-8,13-14,16,23H,9-12,15H2,1-2H3,(H,27,33)/t23-/m0/s1. The second kappa shape index (κ2) is 9.34. The molecule has 1 N–H and O–H groups in total. The second-order valence-corrected chi connectivity index (χ2v) is 8.95. The van der Waals surface area contributed by atoms with E-state index >= 15 is 0 Å². The van der Waals surface area contributed by atoms with Crippen LogP contribution < -0.4 is 10.3 Å². The molecule has 34 heavy (non-hydrogen) atoms. The number of fused-ring (bicyclic) bond motifs is 1. The van der Waals surface area contributed by atoms with Crippen LogP contribution in [-0.4, -0.2) is 50.3 Å². The number of ether oxygens (including phenoxy) is 1. The number of nitrogens with zero attached hydrogens (tertiary/aromatic N) is 5. The zero-order valence-electron chi connectivity index (χ0n) is 19.2. The molecule has 1 saturated heterocycles. The molecular weight excluding hydrogens is 435 g/mol. The number of piperidine rings is 1. The fourth-order valence-corrected chi connectivity index (χ4v) is 4.60. The minimum atomic E-state index is -0.415. The van der Waals surface area contributed by atoms with Gasteiger partial charge in [-0.05, 0) is 84.2 Å². The summed E-state index contributed by atoms with van der Waals surface area (Å²) in [4.78, 5) is 18.6. The molecule has 0 amide bonds. The van der Waals surface area contributed by atoms with Gasteiger partial charge in [0, 0.05) is 16.5 Å². The SMILES string of the molecule is COc1ccc2[nH]c(=O)c([C@@H](c3nnnn3Cc3ccc(F)cc3)N3CCC(C)CC3)cc2c1. The maximum absolute atomic E-state index is 13.4. The summed E-state index contributed by atoms with van der Waals surface area (Å²) in [5.74, 6) is 1.65. The Hall–Kier alpha value is -3.59. The highest BCUT2D eigenvalue weighted by Crippen LogP contribution is 2.31. The Balaban J connectivity index is 1.60. The van der Waals surface area contributed by atoms with E-state index in [9.17, 15) is 9.18 Å². The van der Waals surface area contributed by atoms with Crippen LogP contribution in [0.3, 0.4) is 0 Å². The summed E-state index contributed by atoms with van der Waals surface area (Å²) in [5, 5.41) is 13.4. The van der Waals surface area contributed by atoms with Crippen molar-refractivity contribution in [2.24, 2.45) is 5.92 Å². The van der Waals surface area contributed by atoms with Gasteiger partial charge in [0.1, 0.15) is 17.6 Å². The molecule has 0 saturated carbocycles. The minimum absolute atomic E-state index is 0.169. The van der Waals surface area contributed by atoms with Crippen molar-refractivity contribution in [2.45, 2.75) is 32.4 Å². The van der Waals surface area contributed by atoms with Crippen LogP contribution in [0.1, 0.15) is 42.8 Å². The van der Waals surface area contributed by atoms with Gasteiger partial charge in [0.25, 0.3) is 5.56 Å². The third kappa shape index (κ3) is 4.43. The first-order valence-corrected chi connectivity index (χ1v) is 11.5. The van der Waals surface area contributed by atoms with Crippen molar-refractivity contribution in [1.82, 2.24) is 30.1 Å². The van der Waals surface area contributed by atoms with Gasteiger partial charge in [-0.15, -0.1) is 5.10 Å². The van der Waals surface area contributed by atoms with Gasteiger partial charge in [-0.1, -0.05) is 19.1 Å². The van der Waals surface area contributed by atoms with Crippen molar-refractivity contribution in [2.75, 3.05) is 20.2 Å². The molecule has 8 nitrogen and oxygen atoms in total. The topological polar surface area (TPSA) is 88.9 Å². The first-order valence-electron chi connectivity index (χ1n) is 11.5. The summed E-state index contributed by atoms with van der Waals surface area (Å²) in [6.45, 7) is 4.30. The van der Waals surface area contributed by atoms with Crippen molar-refractivity contribution in [3.63, 3.8) is 0 Å². The summed E-state index contributed by atoms with van der Waals surface area (Å²) in [6.07, 6.45) is 2.07. The molecule has 1 fully saturated rings. The molecule has 1 aliphatic heterocycles. The number of H-pyrrole nitrogens is 1. The molecule has 9 heteroatoms. The molecule has 2 aromatic carbocycles. The first kappa shape index (κ1) is 22.2. The summed E-state index contributed by atoms with van der Waals surface area (Å²) in [5.41, 5.74) is 2.03. The lowest BCUT2D eigenvalue weighted by Gasteiger charge is -2.35. The van der Waals surface area contributed by atoms with E-state index in [0.717, 1.165) is 48.1 Å². The van der Waals surface area contributed by atoms with Crippen LogP contribution in [0.5, 0.6) is 5.75 Å². The maximum Gasteiger partial charge on any atom is 0.253 e. The molecule has 4 aromatic rings. The van der Waals surface area contributed by atoms with Crippen molar-refractivity contribution in [1.29, 1.82) is 0 Å². The number of pyridine rings is 1. The van der Waals surface area contributed by atoms with Gasteiger partial charge >= 0.3 is 0 Å². The van der Waals surface area contributed by atoms with Crippen molar-refractivity contribution < 1.29 is 9.13 Å². The number of methoxy groups -OCH3 is 1. The number of likely N-dealkylation sites (tertiary alicyclic amines) is 1. The number of hydrogen-bond donors (Lipinski definition) is 1. The molecule has 2 aromatic heterocycles. The number of halogens is 1. The number of hydrogen-bond acceptors (Lipinski definition) is 6. The van der Waals surface area contributed by atoms with E-state index in [1.165, 1.54) is 12.1 Å². The first-order chi connectivity index (χ1) is 16.5. The molecule has 3 heterocycles. The molecule has 0 radical (unpaired) electrons. The van der Waals surface area contributed by atoms with Crippen molar-refractivity contribution in [3.05, 3.63) is 81.7 Å². The average Bonchev–Trinajstić information content (AvgIpc) is 3.29. The van der Waals surface area contributed by atoms with Crippen LogP contribution in [0.4, 0.5) is 4.39 Å². The number of rotatable bonds is 6. The fraction of sp³-hybridized carbons (Fsp3) is 0.360. The Morgan fingerprint density at radius 3 is 2.65 bits per heavy atom. The summed E-state index contributed by atoms with van der Waals surface area (Å²) >= 11 is 0. The predicted molar refractivity (Wildman–Crippen MR) is 126 cm³/mol. The van der Waals surface area contributed by atoms with E-state index in [2.05, 4.69) is 32.3 Å². The van der Waals surface area contributed by atoms with Crippen LogP contribution in [0, 0.1) is 11.7 Å². The van der Waals surface area contributed by atoms with Gasteiger partial charge in [0.15, 0.2) is 5.82 Å². The molecule has 0 aliphatic carbocycles. The van der Waals surface area contributed by atoms with E-state index < -0.39 is 6.04 Å². The lowest BCUT2D eigenvalue weighted by atomic mass is 9.95. The third-order valence-electron chi connectivity index (χ3n) is 6.61. The monoisotopic (exact) mass is 462 g/mol. The highest BCUT2D eigenvalue weighted by molar-refractivity contribution is 5.80. The van der Waals surface area contributed by atoms with Crippen LogP contribution in [0.25, 0.3) is 10.9 Å². The van der Waals surface area contributed by atoms with E-state index in [4.69, 9.17) is 4.74 Å². The van der Waals surface area contributed by atoms with Gasteiger partial charge in [0.05, 0.1) is 13.7 Å². The molecular formula is C25H27FN6O2. The van der Waals surface area contributed by atoms with Crippen LogP contribution in [-0.2, 0) is 6.54 Å². The Kier molecular flexibility index (Phi) is 6.10. The average molecular weight is 463 g/mol. The molecule has 176 valence electrons. The quantitative estimate of drug-likeness (QED) is 0.472. The number of aromatic nitrogens is 5. The zero-order chi connectivity index (χ0) is 23.7. The predicted octanol–water partition coefficient (Wildman–Crippen LogP) is 3.53. The number of benzene rings is 2. The highest BCUT2D eigenvalue weighted by Gasteiger charge is 2.32. The zero-order valence-corrected chi connectivity index (χ0v) is 19.2. The van der Waals surface area contributed by atoms with Gasteiger partial charge in [-0.2, -0.15) is 0 Å². The van der Waals surface area contributed by atoms with Crippen LogP contribution in [0.15, 0.2) is 53.3 Å². The summed E-state index contributed by atoms with van der Waals surface area (Å²) in [6, 6.07) is 13.3. The summed E-state index contributed by atoms with van der Waals surface area (Å²) < 4.78 is 20.5. The van der Waals surface area contributed by atoms with E-state index in [-0.39, 0.29) is 11.4 Å². The third-order valence-corrected chi connectivity index (χ3v) is 6.61. The molecule has 0 bridgehead atoms. The lowest BCUT2D eigenvalue weighted by molar-refractivity contribution is 0.149. The Morgan fingerprint density at radius 2 is 1.91 bits per heavy atom. The van der Waals surface area contributed by atoms with E-state index in [0.29, 0.717) is 23.9 Å². The Labute approximate surface area is 196 Å². The Morgan fingerprint density at radius 1 is 1.15 bits per heavy atom. The number of aromatic amines is 1. The van der Waals surface area contributed by atoms with E-state index in [1.807, 2.05) is 24.3 Å². The minimum Gasteiger partial charge on any atom is -0.497 e. The number of nitrogens with one attached hydrogen (secondary N) is 1. The molecule has 0 unspecified atom stereocenters. The van der Waals surface area contributed by atoms with Crippen LogP contribution in [0.2, 0.25) is 0 Å². The fourth-order valence-electron chi connectivity index (χ4n) is 4.60. The van der Waals surface area contributed by atoms with Gasteiger partial charge < -0.3 is 9.72 Å². The normalized spacial score (nSPS) is 16.1. The van der Waals surface area contributed by atoms with E-state index in [1.54, 1.807) is 23.9 Å². The number of tetrazole rings is 1. The maximum atomic E-state index is 13.4. The molecule has 1 aliphatic rings. The van der Waals surface area contributed by atoms with Crippen molar-refractivity contribution in [3.8, 4) is 5.75 Å². The molecule has 5 rings (SSSR count). The van der Waals surface area contributed by atoms with Crippen molar-refractivity contribution >= 4 is 10.9 Å². The second-order valence-electron chi connectivity index (χ2n) is 8.95.